The molecule has 3 saturated carbocycles. The standard InChI is InChI=1S/C27H44BN5O4S/c1-16(2)12-22(28-36-21-14-18-13-20(26(18,3)4)27(21,5)37-28)33-24(35)19(8-7-10-31-25(29)30-6)32-23(34)17-9-11-38-15-17/h9,11,15-16,18-22H,7-8,10,12-14H2,1-6H3,(H,32,34)(H,33,35)(H3,29,30,31)/t18-,19-,20-,21+,22-,27-/m0/s1. The second-order valence-electron chi connectivity index (χ2n) is 12.3. The van der Waals surface area contributed by atoms with Gasteiger partial charge in [-0.1, -0.05) is 27.7 Å². The zero-order valence-electron chi connectivity index (χ0n) is 23.6. The van der Waals surface area contributed by atoms with E-state index in [-0.39, 0.29) is 34.9 Å². The molecule has 2 amide bonds. The van der Waals surface area contributed by atoms with Crippen molar-refractivity contribution in [3.8, 4) is 0 Å². The van der Waals surface area contributed by atoms with E-state index in [9.17, 15) is 9.59 Å². The molecule has 5 rings (SSSR count). The van der Waals surface area contributed by atoms with E-state index < -0.39 is 13.2 Å². The second kappa shape index (κ2) is 11.6. The summed E-state index contributed by atoms with van der Waals surface area (Å²) in [6.45, 7) is 11.7. The van der Waals surface area contributed by atoms with Crippen LogP contribution < -0.4 is 21.7 Å². The van der Waals surface area contributed by atoms with Gasteiger partial charge in [-0.2, -0.15) is 11.3 Å². The van der Waals surface area contributed by atoms with Crippen molar-refractivity contribution in [1.82, 2.24) is 16.0 Å². The first-order valence-corrected chi connectivity index (χ1v) is 14.8. The summed E-state index contributed by atoms with van der Waals surface area (Å²) in [7, 11) is 1.10. The summed E-state index contributed by atoms with van der Waals surface area (Å²) in [6, 6.07) is 1.05. The Balaban J connectivity index is 1.45. The van der Waals surface area contributed by atoms with Crippen LogP contribution in [0.25, 0.3) is 0 Å². The molecular weight excluding hydrogens is 501 g/mol. The first kappa shape index (κ1) is 28.9. The van der Waals surface area contributed by atoms with Crippen molar-refractivity contribution in [1.29, 1.82) is 0 Å². The molecule has 0 radical (unpaired) electrons. The summed E-state index contributed by atoms with van der Waals surface area (Å²) >= 11 is 1.45. The van der Waals surface area contributed by atoms with E-state index in [0.29, 0.717) is 55.1 Å². The Kier molecular flexibility index (Phi) is 8.79. The van der Waals surface area contributed by atoms with Crippen molar-refractivity contribution in [3.05, 3.63) is 22.4 Å². The van der Waals surface area contributed by atoms with Crippen LogP contribution in [0.15, 0.2) is 21.8 Å². The van der Waals surface area contributed by atoms with Crippen molar-refractivity contribution < 1.29 is 18.9 Å². The van der Waals surface area contributed by atoms with E-state index >= 15 is 0 Å². The van der Waals surface area contributed by atoms with Crippen LogP contribution in [0.5, 0.6) is 0 Å². The normalized spacial score (nSPS) is 29.3. The highest BCUT2D eigenvalue weighted by atomic mass is 32.1. The fourth-order valence-electron chi connectivity index (χ4n) is 6.61. The highest BCUT2D eigenvalue weighted by Crippen LogP contribution is 2.65. The summed E-state index contributed by atoms with van der Waals surface area (Å²) in [6.07, 6.45) is 4.01. The molecule has 1 aliphatic heterocycles. The molecule has 3 aliphatic carbocycles. The predicted octanol–water partition coefficient (Wildman–Crippen LogP) is 2.96. The van der Waals surface area contributed by atoms with Crippen LogP contribution >= 0.6 is 11.3 Å². The molecule has 6 atom stereocenters. The monoisotopic (exact) mass is 545 g/mol. The van der Waals surface area contributed by atoms with Gasteiger partial charge in [0.1, 0.15) is 6.04 Å². The third-order valence-electron chi connectivity index (χ3n) is 8.97. The number of amides is 2. The zero-order valence-corrected chi connectivity index (χ0v) is 24.4. The number of carbonyl (C=O) groups excluding carboxylic acids is 2. The second-order valence-corrected chi connectivity index (χ2v) is 13.1. The molecule has 11 heteroatoms. The number of thiophene rings is 1. The Morgan fingerprint density at radius 3 is 2.66 bits per heavy atom. The van der Waals surface area contributed by atoms with Crippen LogP contribution in [0, 0.1) is 23.2 Å². The van der Waals surface area contributed by atoms with Gasteiger partial charge in [0.15, 0.2) is 5.96 Å². The fourth-order valence-corrected chi connectivity index (χ4v) is 7.24. The Bertz CT molecular complexity index is 1020. The topological polar surface area (TPSA) is 127 Å². The number of guanidine groups is 1. The molecule has 4 aliphatic rings. The number of hydrogen-bond acceptors (Lipinski definition) is 6. The average Bonchev–Trinajstić information content (AvgIpc) is 3.52. The van der Waals surface area contributed by atoms with Gasteiger partial charge in [-0.05, 0) is 73.6 Å². The summed E-state index contributed by atoms with van der Waals surface area (Å²) in [5.74, 6) is 0.971. The lowest BCUT2D eigenvalue weighted by Crippen LogP contribution is -2.65. The quantitative estimate of drug-likeness (QED) is 0.147. The van der Waals surface area contributed by atoms with Crippen LogP contribution in [0.1, 0.15) is 77.1 Å². The highest BCUT2D eigenvalue weighted by Gasteiger charge is 2.68. The van der Waals surface area contributed by atoms with Gasteiger partial charge in [-0.15, -0.1) is 0 Å². The van der Waals surface area contributed by atoms with Gasteiger partial charge in [0, 0.05) is 19.0 Å². The summed E-state index contributed by atoms with van der Waals surface area (Å²) < 4.78 is 13.2. The molecule has 0 unspecified atom stereocenters. The number of nitrogens with two attached hydrogens (primary N) is 1. The van der Waals surface area contributed by atoms with Gasteiger partial charge >= 0.3 is 7.12 Å². The highest BCUT2D eigenvalue weighted by molar-refractivity contribution is 7.08. The molecule has 1 saturated heterocycles. The molecule has 1 aromatic heterocycles. The molecule has 9 nitrogen and oxygen atoms in total. The molecule has 2 bridgehead atoms. The maximum atomic E-state index is 13.6. The first-order chi connectivity index (χ1) is 18.0. The lowest BCUT2D eigenvalue weighted by Gasteiger charge is -2.64. The Labute approximate surface area is 231 Å². The third-order valence-corrected chi connectivity index (χ3v) is 9.66. The summed E-state index contributed by atoms with van der Waals surface area (Å²) in [5, 5.41) is 12.8. The predicted molar refractivity (Wildman–Crippen MR) is 152 cm³/mol. The van der Waals surface area contributed by atoms with Crippen LogP contribution in [-0.4, -0.2) is 62.2 Å². The molecule has 38 heavy (non-hydrogen) atoms. The maximum Gasteiger partial charge on any atom is 0.481 e. The number of rotatable bonds is 11. The number of nitrogens with zero attached hydrogens (tertiary/aromatic N) is 1. The van der Waals surface area contributed by atoms with Gasteiger partial charge in [0.05, 0.1) is 23.2 Å². The SMILES string of the molecule is CN=C(N)NCCC[C@H](NC(=O)c1ccsc1)C(=O)N[C@@H](CC(C)C)B1O[C@@H]2C[C@@H]3C[C@@H](C3(C)C)[C@]2(C)O1. The maximum absolute atomic E-state index is 13.6. The summed E-state index contributed by atoms with van der Waals surface area (Å²) in [5.41, 5.74) is 6.18. The number of nitrogens with one attached hydrogen (secondary N) is 3. The molecule has 210 valence electrons. The minimum atomic E-state index is -0.704. The Hall–Kier alpha value is -2.11. The van der Waals surface area contributed by atoms with E-state index in [1.807, 2.05) is 5.38 Å². The molecule has 5 N–H and O–H groups in total. The number of carbonyl (C=O) groups is 2. The van der Waals surface area contributed by atoms with Gasteiger partial charge in [-0.25, -0.2) is 0 Å². The number of aliphatic imine (C=N–C) groups is 1. The molecule has 0 aromatic carbocycles. The van der Waals surface area contributed by atoms with E-state index in [1.54, 1.807) is 18.5 Å². The van der Waals surface area contributed by atoms with Gasteiger partial charge in [0.2, 0.25) is 5.91 Å². The zero-order chi connectivity index (χ0) is 27.7. The van der Waals surface area contributed by atoms with Crippen LogP contribution in [0.3, 0.4) is 0 Å². The summed E-state index contributed by atoms with van der Waals surface area (Å²) in [4.78, 5) is 30.4. The van der Waals surface area contributed by atoms with Gasteiger partial charge in [-0.3, -0.25) is 14.6 Å². The van der Waals surface area contributed by atoms with Crippen LogP contribution in [0.2, 0.25) is 0 Å². The fraction of sp³-hybridized carbons (Fsp3) is 0.741. The molecule has 4 fully saturated rings. The average molecular weight is 546 g/mol. The molecule has 0 spiro atoms. The largest absolute Gasteiger partial charge is 0.481 e. The lowest BCUT2D eigenvalue weighted by atomic mass is 9.43. The Morgan fingerprint density at radius 1 is 1.26 bits per heavy atom. The smallest absolute Gasteiger partial charge is 0.404 e. The van der Waals surface area contributed by atoms with Crippen molar-refractivity contribution in [2.24, 2.45) is 33.9 Å². The first-order valence-electron chi connectivity index (χ1n) is 13.9. The van der Waals surface area contributed by atoms with E-state index in [4.69, 9.17) is 15.0 Å². The molecule has 1 aromatic rings. The van der Waals surface area contributed by atoms with E-state index in [1.165, 1.54) is 17.8 Å². The van der Waals surface area contributed by atoms with Crippen molar-refractivity contribution in [2.75, 3.05) is 13.6 Å². The number of hydrogen-bond donors (Lipinski definition) is 4. The van der Waals surface area contributed by atoms with E-state index in [0.717, 1.165) is 6.42 Å². The van der Waals surface area contributed by atoms with Crippen molar-refractivity contribution in [3.63, 3.8) is 0 Å². The third kappa shape index (κ3) is 5.89. The molecule has 2 heterocycles. The minimum Gasteiger partial charge on any atom is -0.404 e. The van der Waals surface area contributed by atoms with Crippen LogP contribution in [-0.2, 0) is 14.1 Å². The van der Waals surface area contributed by atoms with E-state index in [2.05, 4.69) is 55.6 Å². The van der Waals surface area contributed by atoms with Crippen molar-refractivity contribution >= 4 is 36.2 Å². The van der Waals surface area contributed by atoms with Gasteiger partial charge in [0.25, 0.3) is 5.91 Å². The Morgan fingerprint density at radius 2 is 2.03 bits per heavy atom. The lowest BCUT2D eigenvalue weighted by molar-refractivity contribution is -0.199. The van der Waals surface area contributed by atoms with Crippen molar-refractivity contribution in [2.45, 2.75) is 90.4 Å². The van der Waals surface area contributed by atoms with Gasteiger partial charge < -0.3 is 31.0 Å². The molecular formula is C27H44BN5O4S. The van der Waals surface area contributed by atoms with Crippen LogP contribution in [0.4, 0.5) is 0 Å². The minimum absolute atomic E-state index is 0.0432.